The number of ether oxygens (including phenoxy) is 1. The average Bonchev–Trinajstić information content (AvgIpc) is 2.27. The van der Waals surface area contributed by atoms with Crippen LogP contribution in [0.5, 0.6) is 0 Å². The number of aryl methyl sites for hydroxylation is 1. The summed E-state index contributed by atoms with van der Waals surface area (Å²) in [5.41, 5.74) is 11.4. The Morgan fingerprint density at radius 1 is 1.29 bits per heavy atom. The second-order valence-corrected chi connectivity index (χ2v) is 3.36. The number of benzene rings is 1. The number of hydrogen-bond acceptors (Lipinski definition) is 3. The first-order chi connectivity index (χ1) is 7.95. The molecule has 0 radical (unpaired) electrons. The molecule has 4 N–H and O–H groups in total. The number of carbonyl (C=O) groups excluding carboxylic acids is 2. The minimum Gasteiger partial charge on any atom is -0.465 e. The van der Waals surface area contributed by atoms with Gasteiger partial charge in [0, 0.05) is 5.56 Å². The molecule has 0 atom stereocenters. The molecule has 90 valence electrons. The first-order valence-corrected chi connectivity index (χ1v) is 4.78. The quantitative estimate of drug-likeness (QED) is 0.432. The Morgan fingerprint density at radius 2 is 1.94 bits per heavy atom. The van der Waals surface area contributed by atoms with E-state index in [1.807, 2.05) is 0 Å². The summed E-state index contributed by atoms with van der Waals surface area (Å²) in [6.07, 6.45) is 0. The molecule has 0 saturated carbocycles. The van der Waals surface area contributed by atoms with Gasteiger partial charge in [0.2, 0.25) is 0 Å². The van der Waals surface area contributed by atoms with Gasteiger partial charge in [0.25, 0.3) is 5.91 Å². The van der Waals surface area contributed by atoms with Gasteiger partial charge in [-0.1, -0.05) is 6.07 Å². The fourth-order valence-electron chi connectivity index (χ4n) is 1.27. The van der Waals surface area contributed by atoms with E-state index in [1.165, 1.54) is 13.2 Å². The van der Waals surface area contributed by atoms with E-state index in [2.05, 4.69) is 9.73 Å². The van der Waals surface area contributed by atoms with Crippen LogP contribution in [0.2, 0.25) is 0 Å². The predicted molar refractivity (Wildman–Crippen MR) is 62.7 cm³/mol. The largest absolute Gasteiger partial charge is 0.465 e. The second-order valence-electron chi connectivity index (χ2n) is 3.36. The highest BCUT2D eigenvalue weighted by Crippen LogP contribution is 2.13. The van der Waals surface area contributed by atoms with Crippen LogP contribution in [0.25, 0.3) is 0 Å². The Kier molecular flexibility index (Phi) is 3.82. The Balaban J connectivity index is 3.19. The van der Waals surface area contributed by atoms with E-state index in [0.29, 0.717) is 5.56 Å². The van der Waals surface area contributed by atoms with Gasteiger partial charge < -0.3 is 16.2 Å². The molecule has 1 aromatic carbocycles. The molecule has 0 saturated heterocycles. The zero-order valence-corrected chi connectivity index (χ0v) is 9.56. The third-order valence-corrected chi connectivity index (χ3v) is 2.12. The van der Waals surface area contributed by atoms with E-state index in [1.54, 1.807) is 19.1 Å². The van der Waals surface area contributed by atoms with Crippen molar-refractivity contribution >= 4 is 17.8 Å². The van der Waals surface area contributed by atoms with E-state index >= 15 is 0 Å². The number of nitrogens with zero attached hydrogens (tertiary/aromatic N) is 1. The van der Waals surface area contributed by atoms with E-state index < -0.39 is 11.9 Å². The molecule has 0 heterocycles. The Hall–Kier alpha value is -2.37. The van der Waals surface area contributed by atoms with Crippen molar-refractivity contribution in [2.45, 2.75) is 6.92 Å². The molecule has 1 aromatic rings. The monoisotopic (exact) mass is 235 g/mol. The highest BCUT2D eigenvalue weighted by molar-refractivity contribution is 6.04. The summed E-state index contributed by atoms with van der Waals surface area (Å²) >= 11 is 0. The van der Waals surface area contributed by atoms with Gasteiger partial charge in [-0.2, -0.15) is 4.99 Å². The molecule has 17 heavy (non-hydrogen) atoms. The fourth-order valence-corrected chi connectivity index (χ4v) is 1.27. The van der Waals surface area contributed by atoms with Gasteiger partial charge in [-0.3, -0.25) is 4.79 Å². The van der Waals surface area contributed by atoms with Gasteiger partial charge in [-0.05, 0) is 24.6 Å². The summed E-state index contributed by atoms with van der Waals surface area (Å²) in [5.74, 6) is -1.44. The Bertz CT molecular complexity index is 491. The van der Waals surface area contributed by atoms with Gasteiger partial charge in [-0.25, -0.2) is 4.79 Å². The maximum atomic E-state index is 11.6. The van der Waals surface area contributed by atoms with Crippen molar-refractivity contribution in [2.24, 2.45) is 16.5 Å². The molecule has 0 aliphatic heterocycles. The van der Waals surface area contributed by atoms with Crippen LogP contribution in [0.15, 0.2) is 23.2 Å². The number of hydrogen-bond donors (Lipinski definition) is 2. The van der Waals surface area contributed by atoms with E-state index in [4.69, 9.17) is 11.5 Å². The highest BCUT2D eigenvalue weighted by Gasteiger charge is 2.13. The first kappa shape index (κ1) is 12.7. The zero-order chi connectivity index (χ0) is 13.0. The molecule has 0 aromatic heterocycles. The van der Waals surface area contributed by atoms with Crippen LogP contribution in [-0.2, 0) is 4.74 Å². The molecule has 0 unspecified atom stereocenters. The number of nitrogens with two attached hydrogens (primary N) is 2. The number of carbonyl (C=O) groups is 2. The SMILES string of the molecule is COC(=O)c1ccc(C)c(C(=O)N=C(N)N)c1. The van der Waals surface area contributed by atoms with Crippen molar-refractivity contribution in [3.8, 4) is 0 Å². The lowest BCUT2D eigenvalue weighted by Crippen LogP contribution is -2.24. The number of aliphatic imine (C=N–C) groups is 1. The number of esters is 1. The molecule has 6 heteroatoms. The predicted octanol–water partition coefficient (Wildman–Crippen LogP) is 0.195. The molecule has 0 aliphatic rings. The van der Waals surface area contributed by atoms with Gasteiger partial charge in [-0.15, -0.1) is 0 Å². The zero-order valence-electron chi connectivity index (χ0n) is 9.56. The van der Waals surface area contributed by atoms with Gasteiger partial charge in [0.15, 0.2) is 5.96 Å². The summed E-state index contributed by atoms with van der Waals surface area (Å²) < 4.78 is 4.56. The van der Waals surface area contributed by atoms with Crippen LogP contribution in [0.1, 0.15) is 26.3 Å². The second kappa shape index (κ2) is 5.11. The summed E-state index contributed by atoms with van der Waals surface area (Å²) in [5, 5.41) is 0. The summed E-state index contributed by atoms with van der Waals surface area (Å²) in [7, 11) is 1.26. The molecule has 0 fully saturated rings. The topological polar surface area (TPSA) is 108 Å². The molecule has 0 aliphatic carbocycles. The maximum Gasteiger partial charge on any atom is 0.337 e. The lowest BCUT2D eigenvalue weighted by Gasteiger charge is -2.04. The molecule has 0 bridgehead atoms. The van der Waals surface area contributed by atoms with Crippen LogP contribution in [0.4, 0.5) is 0 Å². The summed E-state index contributed by atoms with van der Waals surface area (Å²) in [4.78, 5) is 26.4. The van der Waals surface area contributed by atoms with Crippen LogP contribution in [0.3, 0.4) is 0 Å². The van der Waals surface area contributed by atoms with Crippen molar-refractivity contribution < 1.29 is 14.3 Å². The number of methoxy groups -OCH3 is 1. The van der Waals surface area contributed by atoms with Crippen molar-refractivity contribution in [1.29, 1.82) is 0 Å². The van der Waals surface area contributed by atoms with Gasteiger partial charge in [0.05, 0.1) is 12.7 Å². The van der Waals surface area contributed by atoms with Crippen molar-refractivity contribution in [1.82, 2.24) is 0 Å². The van der Waals surface area contributed by atoms with Gasteiger partial charge >= 0.3 is 5.97 Å². The van der Waals surface area contributed by atoms with Crippen LogP contribution in [-0.4, -0.2) is 24.9 Å². The van der Waals surface area contributed by atoms with Gasteiger partial charge in [0.1, 0.15) is 0 Å². The van der Waals surface area contributed by atoms with Crippen molar-refractivity contribution in [3.63, 3.8) is 0 Å². The minimum atomic E-state index is -0.590. The molecule has 1 amide bonds. The molecule has 0 spiro atoms. The van der Waals surface area contributed by atoms with Crippen molar-refractivity contribution in [3.05, 3.63) is 34.9 Å². The molecular formula is C11H13N3O3. The van der Waals surface area contributed by atoms with Crippen molar-refractivity contribution in [2.75, 3.05) is 7.11 Å². The average molecular weight is 235 g/mol. The third-order valence-electron chi connectivity index (χ3n) is 2.12. The molecule has 1 rings (SSSR count). The molecular weight excluding hydrogens is 222 g/mol. The Labute approximate surface area is 98.3 Å². The maximum absolute atomic E-state index is 11.6. The van der Waals surface area contributed by atoms with E-state index in [0.717, 1.165) is 0 Å². The lowest BCUT2D eigenvalue weighted by molar-refractivity contribution is 0.0600. The normalized spacial score (nSPS) is 9.53. The lowest BCUT2D eigenvalue weighted by atomic mass is 10.0. The highest BCUT2D eigenvalue weighted by atomic mass is 16.5. The number of guanidine groups is 1. The fraction of sp³-hybridized carbons (Fsp3) is 0.182. The number of rotatable bonds is 2. The number of amides is 1. The van der Waals surface area contributed by atoms with Crippen LogP contribution < -0.4 is 11.5 Å². The summed E-state index contributed by atoms with van der Waals surface area (Å²) in [6, 6.07) is 4.59. The molecule has 6 nitrogen and oxygen atoms in total. The first-order valence-electron chi connectivity index (χ1n) is 4.78. The Morgan fingerprint density at radius 3 is 2.47 bits per heavy atom. The van der Waals surface area contributed by atoms with Crippen LogP contribution >= 0.6 is 0 Å². The summed E-state index contributed by atoms with van der Waals surface area (Å²) in [6.45, 7) is 1.72. The van der Waals surface area contributed by atoms with Crippen LogP contribution in [0, 0.1) is 6.92 Å². The smallest absolute Gasteiger partial charge is 0.337 e. The van der Waals surface area contributed by atoms with E-state index in [-0.39, 0.29) is 17.1 Å². The minimum absolute atomic E-state index is 0.265. The van der Waals surface area contributed by atoms with E-state index in [9.17, 15) is 9.59 Å². The standard InChI is InChI=1S/C11H13N3O3/c1-6-3-4-7(10(16)17-2)5-8(6)9(15)14-11(12)13/h3-5H,1-2H3,(H4,12,13,14,15). The third kappa shape index (κ3) is 3.04.